The Balaban J connectivity index is 2.19. The summed E-state index contributed by atoms with van der Waals surface area (Å²) >= 11 is 3.40. The maximum atomic E-state index is 12.3. The fourth-order valence-corrected chi connectivity index (χ4v) is 3.36. The molecule has 1 aromatic carbocycles. The highest BCUT2D eigenvalue weighted by Gasteiger charge is 2.29. The van der Waals surface area contributed by atoms with Gasteiger partial charge in [-0.05, 0) is 37.1 Å². The van der Waals surface area contributed by atoms with Gasteiger partial charge in [-0.3, -0.25) is 4.79 Å². The lowest BCUT2D eigenvalue weighted by atomic mass is 10.2. The van der Waals surface area contributed by atoms with E-state index in [1.807, 2.05) is 18.2 Å². The van der Waals surface area contributed by atoms with Crippen LogP contribution in [0.15, 0.2) is 22.7 Å². The van der Waals surface area contributed by atoms with Crippen LogP contribution in [0.25, 0.3) is 0 Å². The van der Waals surface area contributed by atoms with Gasteiger partial charge in [0.25, 0.3) is 0 Å². The van der Waals surface area contributed by atoms with Gasteiger partial charge in [0.05, 0.1) is 12.3 Å². The third kappa shape index (κ3) is 3.34. The third-order valence-corrected chi connectivity index (χ3v) is 4.24. The Morgan fingerprint density at radius 2 is 2.16 bits per heavy atom. The van der Waals surface area contributed by atoms with Gasteiger partial charge in [-0.1, -0.05) is 15.9 Å². The number of fused-ring (bicyclic) bond motifs is 1. The van der Waals surface area contributed by atoms with Crippen LogP contribution in [0, 0.1) is 0 Å². The van der Waals surface area contributed by atoms with E-state index < -0.39 is 16.1 Å². The summed E-state index contributed by atoms with van der Waals surface area (Å²) in [5.74, 6) is -0.230. The van der Waals surface area contributed by atoms with Crippen LogP contribution in [0.5, 0.6) is 0 Å². The van der Waals surface area contributed by atoms with Gasteiger partial charge in [0, 0.05) is 16.7 Å². The van der Waals surface area contributed by atoms with Crippen LogP contribution in [0.2, 0.25) is 0 Å². The Hall–Kier alpha value is -0.920. The van der Waals surface area contributed by atoms with Gasteiger partial charge in [-0.15, -0.1) is 0 Å². The van der Waals surface area contributed by atoms with Crippen LogP contribution in [0.3, 0.4) is 0 Å². The lowest BCUT2D eigenvalue weighted by molar-refractivity contribution is -0.119. The molecule has 2 rings (SSSR count). The van der Waals surface area contributed by atoms with Crippen molar-refractivity contribution < 1.29 is 13.2 Å². The van der Waals surface area contributed by atoms with Crippen molar-refractivity contribution in [2.75, 3.05) is 17.7 Å². The molecule has 0 aromatic heterocycles. The van der Waals surface area contributed by atoms with E-state index in [0.717, 1.165) is 28.4 Å². The number of benzene rings is 1. The van der Waals surface area contributed by atoms with Crippen molar-refractivity contribution in [3.05, 3.63) is 28.2 Å². The van der Waals surface area contributed by atoms with Gasteiger partial charge in [-0.2, -0.15) is 0 Å². The Labute approximate surface area is 121 Å². The summed E-state index contributed by atoms with van der Waals surface area (Å²) in [6.45, 7) is 2.14. The van der Waals surface area contributed by atoms with E-state index in [1.165, 1.54) is 0 Å². The predicted octanol–water partition coefficient (Wildman–Crippen LogP) is 1.28. The van der Waals surface area contributed by atoms with Gasteiger partial charge in [0.1, 0.15) is 0 Å². The predicted molar refractivity (Wildman–Crippen MR) is 77.6 cm³/mol. The number of rotatable bonds is 3. The lowest BCUT2D eigenvalue weighted by Crippen LogP contribution is -2.46. The quantitative estimate of drug-likeness (QED) is 0.896. The molecule has 5 nitrogen and oxygen atoms in total. The molecule has 1 aliphatic rings. The Kier molecular flexibility index (Phi) is 3.98. The number of sulfonamides is 1. The van der Waals surface area contributed by atoms with Gasteiger partial charge in [0.15, 0.2) is 0 Å². The molecular weight excluding hydrogens is 332 g/mol. The molecule has 0 saturated carbocycles. The molecule has 0 radical (unpaired) electrons. The van der Waals surface area contributed by atoms with E-state index in [2.05, 4.69) is 20.7 Å². The largest absolute Gasteiger partial charge is 0.310 e. The average molecular weight is 347 g/mol. The average Bonchev–Trinajstić information content (AvgIpc) is 2.68. The smallest absolute Gasteiger partial charge is 0.244 e. The number of nitrogens with zero attached hydrogens (tertiary/aromatic N) is 1. The van der Waals surface area contributed by atoms with Crippen molar-refractivity contribution in [2.24, 2.45) is 0 Å². The van der Waals surface area contributed by atoms with Gasteiger partial charge >= 0.3 is 0 Å². The second-order valence-electron chi connectivity index (χ2n) is 4.62. The molecule has 7 heteroatoms. The molecule has 1 atom stereocenters. The molecule has 19 heavy (non-hydrogen) atoms. The summed E-state index contributed by atoms with van der Waals surface area (Å²) in [6, 6.07) is 4.97. The zero-order valence-electron chi connectivity index (χ0n) is 10.7. The maximum Gasteiger partial charge on any atom is 0.244 e. The topological polar surface area (TPSA) is 66.5 Å². The summed E-state index contributed by atoms with van der Waals surface area (Å²) < 4.78 is 25.6. The van der Waals surface area contributed by atoms with Crippen LogP contribution in [0.1, 0.15) is 12.5 Å². The first-order valence-electron chi connectivity index (χ1n) is 5.85. The van der Waals surface area contributed by atoms with Crippen LogP contribution in [-0.2, 0) is 21.2 Å². The fourth-order valence-electron chi connectivity index (χ4n) is 2.20. The number of hydrogen-bond donors (Lipinski definition) is 1. The lowest BCUT2D eigenvalue weighted by Gasteiger charge is -2.21. The van der Waals surface area contributed by atoms with E-state index >= 15 is 0 Å². The SMILES string of the molecule is C[C@@H](NS(C)(=O)=O)C(=O)N1CCc2cc(Br)ccc21. The van der Waals surface area contributed by atoms with E-state index in [0.29, 0.717) is 6.54 Å². The standard InChI is InChI=1S/C12H15BrN2O3S/c1-8(14-19(2,17)18)12(16)15-6-5-9-7-10(13)3-4-11(9)15/h3-4,7-8,14H,5-6H2,1-2H3/t8-/m1/s1. The molecule has 0 spiro atoms. The van der Waals surface area contributed by atoms with E-state index in [1.54, 1.807) is 11.8 Å². The molecule has 0 saturated heterocycles. The maximum absolute atomic E-state index is 12.3. The second kappa shape index (κ2) is 5.22. The summed E-state index contributed by atoms with van der Waals surface area (Å²) in [6.07, 6.45) is 1.83. The summed E-state index contributed by atoms with van der Waals surface area (Å²) in [5, 5.41) is 0. The molecule has 0 aliphatic carbocycles. The van der Waals surface area contributed by atoms with E-state index in [-0.39, 0.29) is 5.91 Å². The molecule has 1 aromatic rings. The Morgan fingerprint density at radius 1 is 1.47 bits per heavy atom. The Morgan fingerprint density at radius 3 is 2.79 bits per heavy atom. The second-order valence-corrected chi connectivity index (χ2v) is 7.32. The van der Waals surface area contributed by atoms with Crippen LogP contribution in [0.4, 0.5) is 5.69 Å². The number of hydrogen-bond acceptors (Lipinski definition) is 3. The number of anilines is 1. The molecule has 104 valence electrons. The number of nitrogens with one attached hydrogen (secondary N) is 1. The first-order valence-corrected chi connectivity index (χ1v) is 8.53. The van der Waals surface area contributed by atoms with Gasteiger partial charge in [0.2, 0.25) is 15.9 Å². The van der Waals surface area contributed by atoms with Crippen molar-refractivity contribution in [3.63, 3.8) is 0 Å². The normalized spacial score (nSPS) is 16.3. The van der Waals surface area contributed by atoms with Crippen molar-refractivity contribution in [1.29, 1.82) is 0 Å². The Bertz CT molecular complexity index is 615. The minimum Gasteiger partial charge on any atom is -0.310 e. The molecule has 1 N–H and O–H groups in total. The van der Waals surface area contributed by atoms with Crippen molar-refractivity contribution in [3.8, 4) is 0 Å². The van der Waals surface area contributed by atoms with Crippen LogP contribution >= 0.6 is 15.9 Å². The number of halogens is 1. The fraction of sp³-hybridized carbons (Fsp3) is 0.417. The third-order valence-electron chi connectivity index (χ3n) is 2.96. The summed E-state index contributed by atoms with van der Waals surface area (Å²) in [4.78, 5) is 13.9. The van der Waals surface area contributed by atoms with E-state index in [4.69, 9.17) is 0 Å². The van der Waals surface area contributed by atoms with Gasteiger partial charge < -0.3 is 4.90 Å². The highest BCUT2D eigenvalue weighted by atomic mass is 79.9. The first kappa shape index (κ1) is 14.5. The molecule has 1 heterocycles. The number of carbonyl (C=O) groups is 1. The highest BCUT2D eigenvalue weighted by molar-refractivity contribution is 9.10. The molecular formula is C12H15BrN2O3S. The first-order chi connectivity index (χ1) is 8.78. The monoisotopic (exact) mass is 346 g/mol. The molecule has 0 unspecified atom stereocenters. The number of carbonyl (C=O) groups excluding carboxylic acids is 1. The minimum absolute atomic E-state index is 0.230. The zero-order valence-corrected chi connectivity index (χ0v) is 13.1. The molecule has 1 amide bonds. The minimum atomic E-state index is -3.39. The molecule has 0 fully saturated rings. The van der Waals surface area contributed by atoms with Crippen LogP contribution in [-0.4, -0.2) is 33.2 Å². The van der Waals surface area contributed by atoms with E-state index in [9.17, 15) is 13.2 Å². The summed E-state index contributed by atoms with van der Waals surface area (Å²) in [7, 11) is -3.39. The molecule has 0 bridgehead atoms. The van der Waals surface area contributed by atoms with Crippen LogP contribution < -0.4 is 9.62 Å². The van der Waals surface area contributed by atoms with Crippen molar-refractivity contribution >= 4 is 37.5 Å². The van der Waals surface area contributed by atoms with Crippen molar-refractivity contribution in [1.82, 2.24) is 4.72 Å². The zero-order chi connectivity index (χ0) is 14.2. The molecule has 1 aliphatic heterocycles. The highest BCUT2D eigenvalue weighted by Crippen LogP contribution is 2.30. The van der Waals surface area contributed by atoms with Gasteiger partial charge in [-0.25, -0.2) is 13.1 Å². The van der Waals surface area contributed by atoms with Crippen molar-refractivity contribution in [2.45, 2.75) is 19.4 Å². The summed E-state index contributed by atoms with van der Waals surface area (Å²) in [5.41, 5.74) is 1.95. The number of amides is 1.